The molecule has 2 aliphatic heterocycles. The molecule has 30 heavy (non-hydrogen) atoms. The quantitative estimate of drug-likeness (QED) is 0.636. The average molecular weight is 416 g/mol. The van der Waals surface area contributed by atoms with E-state index in [1.807, 2.05) is 24.3 Å². The molecule has 0 radical (unpaired) electrons. The molecule has 2 heterocycles. The molecule has 0 amide bonds. The number of carbonyl (C=O) groups is 2. The van der Waals surface area contributed by atoms with Crippen LogP contribution >= 0.6 is 0 Å². The van der Waals surface area contributed by atoms with Crippen LogP contribution in [0.15, 0.2) is 48.5 Å². The monoisotopic (exact) mass is 416 g/mol. The number of carboxylic acids is 2. The van der Waals surface area contributed by atoms with E-state index in [1.165, 1.54) is 5.69 Å². The van der Waals surface area contributed by atoms with Crippen molar-refractivity contribution in [3.8, 4) is 11.5 Å². The summed E-state index contributed by atoms with van der Waals surface area (Å²) in [6.45, 7) is 4.78. The molecule has 0 aliphatic carbocycles. The maximum Gasteiger partial charge on any atom is 0.414 e. The van der Waals surface area contributed by atoms with E-state index in [9.17, 15) is 5.11 Å². The summed E-state index contributed by atoms with van der Waals surface area (Å²) in [5, 5.41) is 25.3. The van der Waals surface area contributed by atoms with Crippen LogP contribution in [0.2, 0.25) is 0 Å². The van der Waals surface area contributed by atoms with Crippen LogP contribution < -0.4 is 14.4 Å². The van der Waals surface area contributed by atoms with Crippen molar-refractivity contribution in [2.75, 3.05) is 44.4 Å². The summed E-state index contributed by atoms with van der Waals surface area (Å²) in [7, 11) is 0. The van der Waals surface area contributed by atoms with Gasteiger partial charge in [-0.15, -0.1) is 0 Å². The highest BCUT2D eigenvalue weighted by Gasteiger charge is 2.22. The first-order chi connectivity index (χ1) is 14.4. The Kier molecular flexibility index (Phi) is 7.10. The summed E-state index contributed by atoms with van der Waals surface area (Å²) >= 11 is 0. The van der Waals surface area contributed by atoms with E-state index in [0.29, 0.717) is 6.54 Å². The zero-order valence-corrected chi connectivity index (χ0v) is 16.3. The Morgan fingerprint density at radius 2 is 1.53 bits per heavy atom. The SMILES string of the molecule is O=C(O)C(=O)O.OC(CN1CCN(c2ccccc2)CC1)c1ccc2c(c1)OCO2. The summed E-state index contributed by atoms with van der Waals surface area (Å²) in [6, 6.07) is 16.2. The van der Waals surface area contributed by atoms with E-state index in [4.69, 9.17) is 29.3 Å². The maximum atomic E-state index is 10.5. The lowest BCUT2D eigenvalue weighted by atomic mass is 10.1. The predicted octanol–water partition coefficient (Wildman–Crippen LogP) is 1.43. The fourth-order valence-corrected chi connectivity index (χ4v) is 3.30. The fraction of sp³-hybridized carbons (Fsp3) is 0.333. The van der Waals surface area contributed by atoms with E-state index >= 15 is 0 Å². The number of ether oxygens (including phenoxy) is 2. The van der Waals surface area contributed by atoms with Crippen molar-refractivity contribution in [1.29, 1.82) is 0 Å². The minimum absolute atomic E-state index is 0.260. The molecule has 2 aromatic carbocycles. The van der Waals surface area contributed by atoms with E-state index in [1.54, 1.807) is 0 Å². The molecule has 0 bridgehead atoms. The lowest BCUT2D eigenvalue weighted by Crippen LogP contribution is -2.47. The minimum Gasteiger partial charge on any atom is -0.473 e. The number of hydrogen-bond donors (Lipinski definition) is 3. The highest BCUT2D eigenvalue weighted by atomic mass is 16.7. The van der Waals surface area contributed by atoms with Crippen molar-refractivity contribution in [3.63, 3.8) is 0 Å². The Balaban J connectivity index is 0.000000377. The normalized spacial score (nSPS) is 16.4. The van der Waals surface area contributed by atoms with Gasteiger partial charge < -0.3 is 29.7 Å². The van der Waals surface area contributed by atoms with E-state index in [0.717, 1.165) is 43.2 Å². The molecule has 1 atom stereocenters. The highest BCUT2D eigenvalue weighted by Crippen LogP contribution is 2.34. The van der Waals surface area contributed by atoms with Gasteiger partial charge in [0.25, 0.3) is 0 Å². The number of aliphatic hydroxyl groups is 1. The zero-order valence-electron chi connectivity index (χ0n) is 16.3. The van der Waals surface area contributed by atoms with Gasteiger partial charge in [0.1, 0.15) is 0 Å². The molecule has 1 saturated heterocycles. The molecule has 9 heteroatoms. The first kappa shape index (κ1) is 21.4. The second-order valence-corrected chi connectivity index (χ2v) is 6.86. The fourth-order valence-electron chi connectivity index (χ4n) is 3.30. The Hall–Kier alpha value is -3.30. The summed E-state index contributed by atoms with van der Waals surface area (Å²) in [4.78, 5) is 22.9. The van der Waals surface area contributed by atoms with E-state index in [-0.39, 0.29) is 6.79 Å². The van der Waals surface area contributed by atoms with E-state index < -0.39 is 18.0 Å². The van der Waals surface area contributed by atoms with Crippen LogP contribution in [0.4, 0.5) is 5.69 Å². The second-order valence-electron chi connectivity index (χ2n) is 6.86. The minimum atomic E-state index is -1.82. The number of aliphatic hydroxyl groups excluding tert-OH is 1. The van der Waals surface area contributed by atoms with Crippen molar-refractivity contribution in [3.05, 3.63) is 54.1 Å². The number of para-hydroxylation sites is 1. The van der Waals surface area contributed by atoms with Gasteiger partial charge in [0.15, 0.2) is 11.5 Å². The Labute approximate surface area is 173 Å². The number of piperazine rings is 1. The largest absolute Gasteiger partial charge is 0.473 e. The van der Waals surface area contributed by atoms with Crippen LogP contribution in [0.25, 0.3) is 0 Å². The number of fused-ring (bicyclic) bond motifs is 1. The van der Waals surface area contributed by atoms with Crippen molar-refractivity contribution < 1.29 is 34.4 Å². The molecule has 2 aliphatic rings. The van der Waals surface area contributed by atoms with Crippen LogP contribution in [-0.4, -0.2) is 71.7 Å². The van der Waals surface area contributed by atoms with Gasteiger partial charge in [0, 0.05) is 38.4 Å². The van der Waals surface area contributed by atoms with Crippen molar-refractivity contribution in [2.24, 2.45) is 0 Å². The van der Waals surface area contributed by atoms with Crippen LogP contribution in [-0.2, 0) is 9.59 Å². The lowest BCUT2D eigenvalue weighted by Gasteiger charge is -2.37. The van der Waals surface area contributed by atoms with Crippen LogP contribution in [0.1, 0.15) is 11.7 Å². The number of hydrogen-bond acceptors (Lipinski definition) is 7. The third-order valence-electron chi connectivity index (χ3n) is 4.89. The number of nitrogens with zero attached hydrogens (tertiary/aromatic N) is 2. The molecule has 3 N–H and O–H groups in total. The third kappa shape index (κ3) is 5.62. The topological polar surface area (TPSA) is 120 Å². The highest BCUT2D eigenvalue weighted by molar-refractivity contribution is 6.27. The van der Waals surface area contributed by atoms with Crippen molar-refractivity contribution in [2.45, 2.75) is 6.10 Å². The van der Waals surface area contributed by atoms with Crippen molar-refractivity contribution >= 4 is 17.6 Å². The number of rotatable bonds is 4. The van der Waals surface area contributed by atoms with Gasteiger partial charge in [0.2, 0.25) is 6.79 Å². The van der Waals surface area contributed by atoms with E-state index in [2.05, 4.69) is 34.1 Å². The number of β-amino-alcohol motifs (C(OH)–C–C–N with tert-alkyl or cyclic N) is 1. The van der Waals surface area contributed by atoms with Gasteiger partial charge in [-0.25, -0.2) is 9.59 Å². The molecular formula is C21H24N2O7. The summed E-state index contributed by atoms with van der Waals surface area (Å²) in [5.74, 6) is -2.17. The number of aliphatic carboxylic acids is 2. The summed E-state index contributed by atoms with van der Waals surface area (Å²) in [5.41, 5.74) is 2.15. The van der Waals surface area contributed by atoms with Crippen LogP contribution in [0.5, 0.6) is 11.5 Å². The maximum absolute atomic E-state index is 10.5. The number of benzene rings is 2. The molecule has 0 spiro atoms. The summed E-state index contributed by atoms with van der Waals surface area (Å²) in [6.07, 6.45) is -0.511. The molecule has 0 saturated carbocycles. The lowest BCUT2D eigenvalue weighted by molar-refractivity contribution is -0.159. The first-order valence-electron chi connectivity index (χ1n) is 9.50. The average Bonchev–Trinajstić information content (AvgIpc) is 3.23. The third-order valence-corrected chi connectivity index (χ3v) is 4.89. The molecule has 1 unspecified atom stereocenters. The van der Waals surface area contributed by atoms with Gasteiger partial charge >= 0.3 is 11.9 Å². The van der Waals surface area contributed by atoms with Crippen LogP contribution in [0.3, 0.4) is 0 Å². The summed E-state index contributed by atoms with van der Waals surface area (Å²) < 4.78 is 10.7. The van der Waals surface area contributed by atoms with Gasteiger partial charge in [-0.1, -0.05) is 24.3 Å². The standard InChI is InChI=1S/C19H22N2O3.C2H2O4/c22-17(15-6-7-18-19(12-15)24-14-23-18)13-20-8-10-21(11-9-20)16-4-2-1-3-5-16;3-1(4)2(5)6/h1-7,12,17,22H,8-11,13-14H2;(H,3,4)(H,5,6). The predicted molar refractivity (Wildman–Crippen MR) is 108 cm³/mol. The number of carboxylic acid groups (broad SMARTS) is 2. The van der Waals surface area contributed by atoms with Gasteiger partial charge in [0.05, 0.1) is 6.10 Å². The molecule has 4 rings (SSSR count). The Morgan fingerprint density at radius 3 is 2.17 bits per heavy atom. The van der Waals surface area contributed by atoms with Crippen LogP contribution in [0, 0.1) is 0 Å². The Bertz CT molecular complexity index is 855. The molecule has 1 fully saturated rings. The molecule has 2 aromatic rings. The smallest absolute Gasteiger partial charge is 0.414 e. The molecule has 160 valence electrons. The van der Waals surface area contributed by atoms with Gasteiger partial charge in [-0.3, -0.25) is 4.90 Å². The first-order valence-corrected chi connectivity index (χ1v) is 9.50. The molecule has 0 aromatic heterocycles. The number of anilines is 1. The molecular weight excluding hydrogens is 392 g/mol. The van der Waals surface area contributed by atoms with Gasteiger partial charge in [-0.2, -0.15) is 0 Å². The molecule has 9 nitrogen and oxygen atoms in total. The van der Waals surface area contributed by atoms with Gasteiger partial charge in [-0.05, 0) is 29.8 Å². The van der Waals surface area contributed by atoms with Crippen molar-refractivity contribution in [1.82, 2.24) is 4.90 Å². The zero-order chi connectivity index (χ0) is 21.5. The Morgan fingerprint density at radius 1 is 0.900 bits per heavy atom. The second kappa shape index (κ2) is 9.95.